The molecule has 1 aliphatic carbocycles. The first kappa shape index (κ1) is 17.4. The fourth-order valence-electron chi connectivity index (χ4n) is 3.66. The molecule has 0 amide bonds. The van der Waals surface area contributed by atoms with E-state index in [1.54, 1.807) is 6.92 Å². The van der Waals surface area contributed by atoms with Crippen molar-refractivity contribution in [3.8, 4) is 0 Å². The molecule has 6 heteroatoms. The molecule has 2 rings (SSSR count). The predicted molar refractivity (Wildman–Crippen MR) is 84.5 cm³/mol. The van der Waals surface area contributed by atoms with Crippen molar-refractivity contribution in [1.29, 1.82) is 0 Å². The van der Waals surface area contributed by atoms with Crippen molar-refractivity contribution in [2.75, 3.05) is 13.2 Å². The van der Waals surface area contributed by atoms with Crippen LogP contribution in [-0.2, 0) is 9.53 Å². The summed E-state index contributed by atoms with van der Waals surface area (Å²) in [5, 5.41) is 21.4. The minimum atomic E-state index is -0.882. The van der Waals surface area contributed by atoms with Gasteiger partial charge in [0.05, 0.1) is 18.9 Å². The maximum atomic E-state index is 11.8. The van der Waals surface area contributed by atoms with Crippen LogP contribution in [0.3, 0.4) is 0 Å². The summed E-state index contributed by atoms with van der Waals surface area (Å²) in [4.78, 5) is 23.2. The molecule has 126 valence electrons. The van der Waals surface area contributed by atoms with Gasteiger partial charge in [-0.3, -0.25) is 14.9 Å². The Balaban J connectivity index is 2.30. The normalized spacial score (nSPS) is 27.4. The summed E-state index contributed by atoms with van der Waals surface area (Å²) in [7, 11) is 0. The van der Waals surface area contributed by atoms with E-state index in [4.69, 9.17) is 4.74 Å². The van der Waals surface area contributed by atoms with Gasteiger partial charge < -0.3 is 9.84 Å². The van der Waals surface area contributed by atoms with Crippen LogP contribution in [0.5, 0.6) is 0 Å². The van der Waals surface area contributed by atoms with Gasteiger partial charge in [0.2, 0.25) is 6.04 Å². The monoisotopic (exact) mass is 321 g/mol. The van der Waals surface area contributed by atoms with E-state index >= 15 is 0 Å². The van der Waals surface area contributed by atoms with Gasteiger partial charge in [0, 0.05) is 17.4 Å². The third kappa shape index (κ3) is 4.07. The van der Waals surface area contributed by atoms with Gasteiger partial charge in [-0.1, -0.05) is 30.3 Å². The number of carbonyl (C=O) groups excluding carboxylic acids is 1. The Morgan fingerprint density at radius 2 is 1.96 bits per heavy atom. The van der Waals surface area contributed by atoms with Gasteiger partial charge in [0.1, 0.15) is 0 Å². The average molecular weight is 321 g/mol. The number of hydrogen-bond acceptors (Lipinski definition) is 5. The highest BCUT2D eigenvalue weighted by Gasteiger charge is 2.48. The van der Waals surface area contributed by atoms with E-state index in [2.05, 4.69) is 0 Å². The molecule has 0 aliphatic heterocycles. The highest BCUT2D eigenvalue weighted by Crippen LogP contribution is 2.43. The zero-order valence-electron chi connectivity index (χ0n) is 13.3. The molecule has 0 saturated heterocycles. The van der Waals surface area contributed by atoms with Crippen LogP contribution in [0.4, 0.5) is 0 Å². The van der Waals surface area contributed by atoms with Crippen molar-refractivity contribution in [3.63, 3.8) is 0 Å². The molecule has 0 radical (unpaired) electrons. The van der Waals surface area contributed by atoms with Gasteiger partial charge >= 0.3 is 5.97 Å². The number of aliphatic hydroxyl groups excluding tert-OH is 1. The Kier molecular flexibility index (Phi) is 6.10. The fourth-order valence-corrected chi connectivity index (χ4v) is 3.66. The molecule has 1 aromatic carbocycles. The molecule has 1 aliphatic rings. The lowest BCUT2D eigenvalue weighted by Crippen LogP contribution is -2.44. The smallest absolute Gasteiger partial charge is 0.306 e. The summed E-state index contributed by atoms with van der Waals surface area (Å²) in [6.45, 7) is 1.91. The summed E-state index contributed by atoms with van der Waals surface area (Å²) in [6, 6.07) is 8.38. The highest BCUT2D eigenvalue weighted by atomic mass is 16.6. The number of carbonyl (C=O) groups is 1. The van der Waals surface area contributed by atoms with Crippen LogP contribution in [0.25, 0.3) is 0 Å². The average Bonchev–Trinajstić information content (AvgIpc) is 2.55. The molecular formula is C17H23NO5. The second-order valence-electron chi connectivity index (χ2n) is 6.00. The summed E-state index contributed by atoms with van der Waals surface area (Å²) in [5.41, 5.74) is 0.849. The van der Waals surface area contributed by atoms with E-state index in [9.17, 15) is 20.0 Å². The van der Waals surface area contributed by atoms with Crippen molar-refractivity contribution in [3.05, 3.63) is 46.0 Å². The SMILES string of the molecule is CCOC(=O)C[C@H]1CC[C@@H](CO)[C@@H](c2ccccc2)[C@@H]1[N+](=O)[O-]. The van der Waals surface area contributed by atoms with Crippen LogP contribution in [0, 0.1) is 22.0 Å². The van der Waals surface area contributed by atoms with Gasteiger partial charge in [-0.15, -0.1) is 0 Å². The standard InChI is InChI=1S/C17H23NO5/c1-2-23-15(20)10-13-8-9-14(11-19)16(17(13)18(21)22)12-6-4-3-5-7-12/h3-7,13-14,16-17,19H,2,8-11H2,1H3/t13-,14+,16-,17-/m1/s1. The maximum absolute atomic E-state index is 11.8. The number of rotatable bonds is 6. The number of ether oxygens (including phenoxy) is 1. The van der Waals surface area contributed by atoms with E-state index in [0.717, 1.165) is 5.56 Å². The molecule has 6 nitrogen and oxygen atoms in total. The van der Waals surface area contributed by atoms with Crippen molar-refractivity contribution in [1.82, 2.24) is 0 Å². The lowest BCUT2D eigenvalue weighted by atomic mass is 9.67. The molecule has 1 aromatic rings. The molecule has 23 heavy (non-hydrogen) atoms. The lowest BCUT2D eigenvalue weighted by molar-refractivity contribution is -0.541. The Bertz CT molecular complexity index is 533. The third-order valence-corrected chi connectivity index (χ3v) is 4.66. The predicted octanol–water partition coefficient (Wildman–Crippen LogP) is 2.39. The third-order valence-electron chi connectivity index (χ3n) is 4.66. The first-order chi connectivity index (χ1) is 11.1. The van der Waals surface area contributed by atoms with Crippen LogP contribution < -0.4 is 0 Å². The molecule has 4 atom stereocenters. The van der Waals surface area contributed by atoms with Crippen molar-refractivity contribution in [2.24, 2.45) is 11.8 Å². The van der Waals surface area contributed by atoms with Crippen molar-refractivity contribution in [2.45, 2.75) is 38.1 Å². The van der Waals surface area contributed by atoms with Gasteiger partial charge in [0.15, 0.2) is 0 Å². The molecule has 1 fully saturated rings. The van der Waals surface area contributed by atoms with E-state index in [1.807, 2.05) is 30.3 Å². The fraction of sp³-hybridized carbons (Fsp3) is 0.588. The Morgan fingerprint density at radius 3 is 2.52 bits per heavy atom. The minimum Gasteiger partial charge on any atom is -0.466 e. The molecule has 0 bridgehead atoms. The van der Waals surface area contributed by atoms with Crippen molar-refractivity contribution >= 4 is 5.97 Å². The lowest BCUT2D eigenvalue weighted by Gasteiger charge is -2.37. The molecule has 0 unspecified atom stereocenters. The van der Waals surface area contributed by atoms with E-state index < -0.39 is 12.0 Å². The zero-order chi connectivity index (χ0) is 16.8. The number of hydrogen-bond donors (Lipinski definition) is 1. The van der Waals surface area contributed by atoms with E-state index in [1.165, 1.54) is 0 Å². The first-order valence-corrected chi connectivity index (χ1v) is 8.03. The quantitative estimate of drug-likeness (QED) is 0.493. The number of aliphatic hydroxyl groups is 1. The van der Waals surface area contributed by atoms with E-state index in [-0.39, 0.29) is 42.3 Å². The van der Waals surface area contributed by atoms with Gasteiger partial charge in [-0.05, 0) is 31.2 Å². The van der Waals surface area contributed by atoms with Gasteiger partial charge in [0.25, 0.3) is 0 Å². The van der Waals surface area contributed by atoms with Crippen molar-refractivity contribution < 1.29 is 19.6 Å². The molecule has 0 spiro atoms. The molecule has 0 heterocycles. The van der Waals surface area contributed by atoms with Gasteiger partial charge in [-0.2, -0.15) is 0 Å². The number of benzene rings is 1. The van der Waals surface area contributed by atoms with Crippen LogP contribution in [0.1, 0.15) is 37.7 Å². The molecular weight excluding hydrogens is 298 g/mol. The second kappa shape index (κ2) is 8.06. The summed E-state index contributed by atoms with van der Waals surface area (Å²) >= 11 is 0. The second-order valence-corrected chi connectivity index (χ2v) is 6.00. The maximum Gasteiger partial charge on any atom is 0.306 e. The molecule has 1 N–H and O–H groups in total. The zero-order valence-corrected chi connectivity index (χ0v) is 13.3. The number of nitro groups is 1. The Hall–Kier alpha value is -1.95. The van der Waals surface area contributed by atoms with Crippen LogP contribution in [0.15, 0.2) is 30.3 Å². The van der Waals surface area contributed by atoms with Crippen LogP contribution in [-0.4, -0.2) is 35.3 Å². The molecule has 0 aromatic heterocycles. The summed E-state index contributed by atoms with van der Waals surface area (Å²) in [5.74, 6) is -1.30. The molecule has 1 saturated carbocycles. The first-order valence-electron chi connectivity index (χ1n) is 8.03. The Labute approximate surface area is 135 Å². The highest BCUT2D eigenvalue weighted by molar-refractivity contribution is 5.69. The summed E-state index contributed by atoms with van der Waals surface area (Å²) < 4.78 is 4.96. The number of nitrogens with zero attached hydrogens (tertiary/aromatic N) is 1. The number of esters is 1. The van der Waals surface area contributed by atoms with Crippen LogP contribution >= 0.6 is 0 Å². The largest absolute Gasteiger partial charge is 0.466 e. The summed E-state index contributed by atoms with van der Waals surface area (Å²) in [6.07, 6.45) is 1.28. The van der Waals surface area contributed by atoms with Gasteiger partial charge in [-0.25, -0.2) is 0 Å². The minimum absolute atomic E-state index is 0.0565. The Morgan fingerprint density at radius 1 is 1.30 bits per heavy atom. The topological polar surface area (TPSA) is 89.7 Å². The van der Waals surface area contributed by atoms with E-state index in [0.29, 0.717) is 12.8 Å². The van der Waals surface area contributed by atoms with Crippen LogP contribution in [0.2, 0.25) is 0 Å².